The average molecular weight is 566 g/mol. The van der Waals surface area contributed by atoms with Gasteiger partial charge in [-0.05, 0) is 35.2 Å². The predicted octanol–water partition coefficient (Wildman–Crippen LogP) is 1.79. The molecule has 0 amide bonds. The molecule has 0 aliphatic heterocycles. The lowest BCUT2D eigenvalue weighted by molar-refractivity contribution is -0.904. The molecule has 0 bridgehead atoms. The Bertz CT molecular complexity index is 1290. The minimum atomic E-state index is -1.40. The number of oxazole rings is 1. The maximum absolute atomic E-state index is 11.9. The first kappa shape index (κ1) is 27.1. The Morgan fingerprint density at radius 2 is 1.51 bits per heavy atom. The predicted molar refractivity (Wildman–Crippen MR) is 139 cm³/mol. The van der Waals surface area contributed by atoms with E-state index in [-0.39, 0.29) is 17.0 Å². The van der Waals surface area contributed by atoms with Crippen molar-refractivity contribution < 1.29 is 40.5 Å². The number of fused-ring (bicyclic) bond motifs is 3. The number of ether oxygens (including phenoxy) is 2. The minimum Gasteiger partial charge on any atom is -1.00 e. The Morgan fingerprint density at radius 1 is 0.892 bits per heavy atom. The summed E-state index contributed by atoms with van der Waals surface area (Å²) in [6, 6.07) is 23.9. The highest BCUT2D eigenvalue weighted by atomic mass is 79.9. The van der Waals surface area contributed by atoms with Crippen LogP contribution in [0.15, 0.2) is 83.4 Å². The fraction of sp³-hybridized carbons (Fsp3) is 0.300. The maximum atomic E-state index is 11.9. The molecule has 1 N–H and O–H groups in total. The molecule has 0 spiro atoms. The number of benzene rings is 3. The van der Waals surface area contributed by atoms with Crippen molar-refractivity contribution >= 4 is 0 Å². The van der Waals surface area contributed by atoms with Crippen molar-refractivity contribution in [3.05, 3.63) is 107 Å². The summed E-state index contributed by atoms with van der Waals surface area (Å²) in [5.41, 5.74) is 3.47. The lowest BCUT2D eigenvalue weighted by Gasteiger charge is -2.28. The van der Waals surface area contributed by atoms with Crippen LogP contribution < -0.4 is 21.7 Å². The molecule has 7 heteroatoms. The Balaban J connectivity index is 0.00000320. The molecule has 1 aliphatic rings. The molecule has 0 unspecified atom stereocenters. The summed E-state index contributed by atoms with van der Waals surface area (Å²) < 4.78 is 18.0. The van der Waals surface area contributed by atoms with Crippen molar-refractivity contribution in [1.29, 1.82) is 0 Å². The molecule has 6 nitrogen and oxygen atoms in total. The number of aliphatic hydroxyl groups is 1. The first-order chi connectivity index (χ1) is 17.4. The van der Waals surface area contributed by atoms with E-state index in [1.807, 2.05) is 60.7 Å². The number of rotatable bonds is 10. The van der Waals surface area contributed by atoms with Crippen LogP contribution in [0.25, 0.3) is 11.1 Å². The zero-order valence-electron chi connectivity index (χ0n) is 21.5. The van der Waals surface area contributed by atoms with Crippen molar-refractivity contribution in [2.24, 2.45) is 0 Å². The second-order valence-electron chi connectivity index (χ2n) is 9.96. The highest BCUT2D eigenvalue weighted by Gasteiger charge is 2.46. The fourth-order valence-corrected chi connectivity index (χ4v) is 4.89. The smallest absolute Gasteiger partial charge is 0.236 e. The van der Waals surface area contributed by atoms with Gasteiger partial charge in [-0.3, -0.25) is 0 Å². The molecular weight excluding hydrogens is 532 g/mol. The lowest BCUT2D eigenvalue weighted by Crippen LogP contribution is -3.00. The second-order valence-corrected chi connectivity index (χ2v) is 9.96. The van der Waals surface area contributed by atoms with Crippen LogP contribution in [-0.4, -0.2) is 55.5 Å². The van der Waals surface area contributed by atoms with Crippen LogP contribution in [0, 0.1) is 0 Å². The van der Waals surface area contributed by atoms with Gasteiger partial charge in [-0.1, -0.05) is 60.7 Å². The molecule has 0 saturated heterocycles. The third-order valence-corrected chi connectivity index (χ3v) is 6.91. The topological polar surface area (TPSA) is 64.7 Å². The maximum Gasteiger partial charge on any atom is 0.236 e. The van der Waals surface area contributed by atoms with E-state index in [1.54, 1.807) is 13.3 Å². The van der Waals surface area contributed by atoms with E-state index in [2.05, 4.69) is 31.2 Å². The summed E-state index contributed by atoms with van der Waals surface area (Å²) in [5.74, 6) is 1.91. The SMILES string of the molecule is COc1ccc(CCOCC[N+](C)(C)Cc2cnc(C3(O)c4ccccc4-c4ccccc43)o2)cc1.[Br-]. The monoisotopic (exact) mass is 564 g/mol. The number of halogens is 1. The van der Waals surface area contributed by atoms with Crippen LogP contribution in [0.4, 0.5) is 0 Å². The van der Waals surface area contributed by atoms with Crippen LogP contribution in [0.3, 0.4) is 0 Å². The third kappa shape index (κ3) is 5.50. The highest BCUT2D eigenvalue weighted by molar-refractivity contribution is 5.81. The van der Waals surface area contributed by atoms with Crippen molar-refractivity contribution in [2.45, 2.75) is 18.6 Å². The molecular formula is C30H33BrN2O4. The Morgan fingerprint density at radius 3 is 2.14 bits per heavy atom. The Kier molecular flexibility index (Phi) is 8.19. The average Bonchev–Trinajstić information content (AvgIpc) is 3.46. The molecule has 194 valence electrons. The van der Waals surface area contributed by atoms with Crippen molar-refractivity contribution in [3.63, 3.8) is 0 Å². The summed E-state index contributed by atoms with van der Waals surface area (Å²) in [6.45, 7) is 2.79. The number of nitrogens with zero attached hydrogens (tertiary/aromatic N) is 2. The van der Waals surface area contributed by atoms with E-state index in [0.29, 0.717) is 30.1 Å². The highest BCUT2D eigenvalue weighted by Crippen LogP contribution is 2.50. The Hall–Kier alpha value is -2.97. The van der Waals surface area contributed by atoms with E-state index in [1.165, 1.54) is 5.56 Å². The summed E-state index contributed by atoms with van der Waals surface area (Å²) in [4.78, 5) is 4.54. The van der Waals surface area contributed by atoms with Crippen LogP contribution in [0.1, 0.15) is 28.3 Å². The second kappa shape index (κ2) is 11.2. The van der Waals surface area contributed by atoms with Gasteiger partial charge >= 0.3 is 0 Å². The quantitative estimate of drug-likeness (QED) is 0.235. The van der Waals surface area contributed by atoms with E-state index >= 15 is 0 Å². The number of hydrogen-bond acceptors (Lipinski definition) is 5. The molecule has 0 fully saturated rings. The lowest BCUT2D eigenvalue weighted by atomic mass is 9.91. The van der Waals surface area contributed by atoms with Gasteiger partial charge in [0.15, 0.2) is 11.4 Å². The molecule has 1 aromatic heterocycles. The van der Waals surface area contributed by atoms with E-state index in [9.17, 15) is 5.11 Å². The standard InChI is InChI=1S/C30H33N2O4.BrH/c1-32(2,17-19-35-18-16-22-12-14-23(34-3)15-13-22)21-24-20-31-29(36-24)30(33)27-10-6-4-8-25(27)26-9-5-7-11-28(26)30;/h4-15,20,33H,16-19,21H2,1-3H3;1H/q+1;/p-1. The van der Waals surface area contributed by atoms with Crippen molar-refractivity contribution in [3.8, 4) is 16.9 Å². The van der Waals surface area contributed by atoms with Gasteiger partial charge in [-0.15, -0.1) is 0 Å². The van der Waals surface area contributed by atoms with Gasteiger partial charge in [-0.2, -0.15) is 0 Å². The zero-order chi connectivity index (χ0) is 25.2. The molecule has 0 radical (unpaired) electrons. The molecule has 4 aromatic rings. The molecule has 0 atom stereocenters. The van der Waals surface area contributed by atoms with Crippen LogP contribution in [0.5, 0.6) is 5.75 Å². The Labute approximate surface area is 228 Å². The largest absolute Gasteiger partial charge is 1.00 e. The van der Waals surface area contributed by atoms with Crippen LogP contribution in [-0.2, 0) is 23.3 Å². The fourth-order valence-electron chi connectivity index (χ4n) is 4.89. The van der Waals surface area contributed by atoms with Crippen LogP contribution in [0.2, 0.25) is 0 Å². The van der Waals surface area contributed by atoms with E-state index in [4.69, 9.17) is 13.9 Å². The number of aromatic nitrogens is 1. The summed E-state index contributed by atoms with van der Waals surface area (Å²) in [7, 11) is 5.96. The number of quaternary nitrogens is 1. The van der Waals surface area contributed by atoms with Crippen molar-refractivity contribution in [2.75, 3.05) is 41.0 Å². The van der Waals surface area contributed by atoms with Gasteiger partial charge in [0, 0.05) is 11.1 Å². The zero-order valence-corrected chi connectivity index (χ0v) is 23.1. The number of methoxy groups -OCH3 is 1. The van der Waals surface area contributed by atoms with Gasteiger partial charge in [-0.25, -0.2) is 4.98 Å². The first-order valence-electron chi connectivity index (χ1n) is 12.3. The van der Waals surface area contributed by atoms with Crippen molar-refractivity contribution in [1.82, 2.24) is 4.98 Å². The minimum absolute atomic E-state index is 0. The first-order valence-corrected chi connectivity index (χ1v) is 12.3. The van der Waals surface area contributed by atoms with Gasteiger partial charge in [0.2, 0.25) is 5.89 Å². The van der Waals surface area contributed by atoms with E-state index < -0.39 is 5.60 Å². The third-order valence-electron chi connectivity index (χ3n) is 6.91. The molecule has 0 saturated carbocycles. The number of hydrogen-bond donors (Lipinski definition) is 1. The van der Waals surface area contributed by atoms with Gasteiger partial charge in [0.05, 0.1) is 40.6 Å². The summed E-state index contributed by atoms with van der Waals surface area (Å²) in [6.07, 6.45) is 2.60. The molecule has 1 aliphatic carbocycles. The van der Waals surface area contributed by atoms with Gasteiger partial charge in [0.25, 0.3) is 0 Å². The number of likely N-dealkylation sites (N-methyl/N-ethyl adjacent to an activating group) is 1. The molecule has 1 heterocycles. The van der Waals surface area contributed by atoms with E-state index in [0.717, 1.165) is 46.7 Å². The summed E-state index contributed by atoms with van der Waals surface area (Å²) in [5, 5.41) is 11.9. The normalized spacial score (nSPS) is 13.5. The molecule has 5 rings (SSSR count). The molecule has 37 heavy (non-hydrogen) atoms. The van der Waals surface area contributed by atoms with Gasteiger partial charge < -0.3 is 40.5 Å². The molecule has 3 aromatic carbocycles. The van der Waals surface area contributed by atoms with Gasteiger partial charge in [0.1, 0.15) is 18.8 Å². The summed E-state index contributed by atoms with van der Waals surface area (Å²) >= 11 is 0. The van der Waals surface area contributed by atoms with Crippen LogP contribution >= 0.6 is 0 Å².